The van der Waals surface area contributed by atoms with E-state index < -0.39 is 0 Å². The van der Waals surface area contributed by atoms with Crippen molar-refractivity contribution in [3.63, 3.8) is 0 Å². The van der Waals surface area contributed by atoms with Crippen molar-refractivity contribution in [3.05, 3.63) is 51.7 Å². The van der Waals surface area contributed by atoms with Crippen LogP contribution in [0.25, 0.3) is 0 Å². The number of carbonyl (C=O) groups is 1. The van der Waals surface area contributed by atoms with Gasteiger partial charge < -0.3 is 10.1 Å². The Kier molecular flexibility index (Phi) is 7.32. The molecule has 1 N–H and O–H groups in total. The molecule has 0 unspecified atom stereocenters. The Hall–Kier alpha value is -1.60. The average molecular weight is 394 g/mol. The number of halogens is 1. The molecule has 0 spiro atoms. The minimum Gasteiger partial charge on any atom is -0.492 e. The first-order valence-corrected chi connectivity index (χ1v) is 10.1. The van der Waals surface area contributed by atoms with Gasteiger partial charge in [-0.05, 0) is 35.7 Å². The first kappa shape index (κ1) is 19.2. The van der Waals surface area contributed by atoms with Gasteiger partial charge in [0.1, 0.15) is 12.4 Å². The van der Waals surface area contributed by atoms with E-state index in [0.29, 0.717) is 24.7 Å². The van der Waals surface area contributed by atoms with E-state index in [1.54, 1.807) is 23.5 Å². The van der Waals surface area contributed by atoms with Crippen molar-refractivity contribution in [2.75, 3.05) is 45.9 Å². The van der Waals surface area contributed by atoms with E-state index in [-0.39, 0.29) is 5.91 Å². The number of hydrogen-bond donors (Lipinski definition) is 1. The van der Waals surface area contributed by atoms with E-state index in [9.17, 15) is 4.79 Å². The van der Waals surface area contributed by atoms with Crippen LogP contribution in [0.4, 0.5) is 0 Å². The highest BCUT2D eigenvalue weighted by molar-refractivity contribution is 7.09. The van der Waals surface area contributed by atoms with Gasteiger partial charge in [-0.1, -0.05) is 17.7 Å². The molecule has 7 heteroatoms. The van der Waals surface area contributed by atoms with Crippen LogP contribution in [0.5, 0.6) is 5.75 Å². The molecule has 1 aliphatic rings. The lowest BCUT2D eigenvalue weighted by atomic mass is 10.3. The number of benzene rings is 1. The van der Waals surface area contributed by atoms with Crippen LogP contribution >= 0.6 is 22.9 Å². The number of hydrogen-bond acceptors (Lipinski definition) is 5. The maximum atomic E-state index is 12.1. The van der Waals surface area contributed by atoms with Crippen molar-refractivity contribution in [1.29, 1.82) is 0 Å². The third kappa shape index (κ3) is 6.29. The second-order valence-corrected chi connectivity index (χ2v) is 7.75. The fraction of sp³-hybridized carbons (Fsp3) is 0.421. The Morgan fingerprint density at radius 3 is 2.54 bits per heavy atom. The lowest BCUT2D eigenvalue weighted by Crippen LogP contribution is -2.49. The molecule has 2 heterocycles. The molecule has 140 valence electrons. The molecule has 0 radical (unpaired) electrons. The summed E-state index contributed by atoms with van der Waals surface area (Å²) >= 11 is 7.63. The van der Waals surface area contributed by atoms with Gasteiger partial charge in [-0.3, -0.25) is 14.6 Å². The van der Waals surface area contributed by atoms with E-state index in [1.807, 2.05) is 12.1 Å². The molecule has 0 atom stereocenters. The Morgan fingerprint density at radius 2 is 1.85 bits per heavy atom. The Labute approximate surface area is 163 Å². The van der Waals surface area contributed by atoms with Crippen molar-refractivity contribution >= 4 is 28.8 Å². The van der Waals surface area contributed by atoms with E-state index in [1.165, 1.54) is 4.88 Å². The zero-order chi connectivity index (χ0) is 18.2. The van der Waals surface area contributed by atoms with Gasteiger partial charge in [-0.2, -0.15) is 0 Å². The number of amides is 1. The number of ether oxygens (including phenoxy) is 1. The normalized spacial score (nSPS) is 15.7. The summed E-state index contributed by atoms with van der Waals surface area (Å²) in [5.41, 5.74) is 0. The van der Waals surface area contributed by atoms with E-state index in [2.05, 4.69) is 32.6 Å². The monoisotopic (exact) mass is 393 g/mol. The fourth-order valence-corrected chi connectivity index (χ4v) is 3.75. The Balaban J connectivity index is 1.27. The largest absolute Gasteiger partial charge is 0.492 e. The fourth-order valence-electron chi connectivity index (χ4n) is 2.88. The lowest BCUT2D eigenvalue weighted by Gasteiger charge is -2.34. The van der Waals surface area contributed by atoms with Crippen molar-refractivity contribution in [2.24, 2.45) is 0 Å². The zero-order valence-electron chi connectivity index (χ0n) is 14.7. The lowest BCUT2D eigenvalue weighted by molar-refractivity contribution is -0.122. The molecular weight excluding hydrogens is 370 g/mol. The second kappa shape index (κ2) is 9.92. The summed E-state index contributed by atoms with van der Waals surface area (Å²) in [7, 11) is 0. The Morgan fingerprint density at radius 1 is 1.12 bits per heavy atom. The summed E-state index contributed by atoms with van der Waals surface area (Å²) in [5, 5.41) is 5.71. The first-order chi connectivity index (χ1) is 12.7. The molecule has 0 bridgehead atoms. The molecule has 1 amide bonds. The third-order valence-corrected chi connectivity index (χ3v) is 5.41. The number of thiophene rings is 1. The van der Waals surface area contributed by atoms with Crippen LogP contribution in [0, 0.1) is 0 Å². The summed E-state index contributed by atoms with van der Waals surface area (Å²) in [6.07, 6.45) is 0. The summed E-state index contributed by atoms with van der Waals surface area (Å²) in [4.78, 5) is 18.1. The van der Waals surface area contributed by atoms with Crippen LogP contribution in [-0.2, 0) is 11.3 Å². The van der Waals surface area contributed by atoms with Crippen LogP contribution < -0.4 is 10.1 Å². The highest BCUT2D eigenvalue weighted by atomic mass is 35.5. The van der Waals surface area contributed by atoms with Gasteiger partial charge in [0, 0.05) is 42.6 Å². The predicted octanol–water partition coefficient (Wildman–Crippen LogP) is 2.71. The topological polar surface area (TPSA) is 44.8 Å². The molecule has 3 rings (SSSR count). The van der Waals surface area contributed by atoms with Crippen molar-refractivity contribution in [1.82, 2.24) is 15.1 Å². The Bertz CT molecular complexity index is 671. The maximum Gasteiger partial charge on any atom is 0.234 e. The van der Waals surface area contributed by atoms with Gasteiger partial charge in [-0.25, -0.2) is 0 Å². The highest BCUT2D eigenvalue weighted by Crippen LogP contribution is 2.15. The summed E-state index contributed by atoms with van der Waals surface area (Å²) < 4.78 is 5.57. The van der Waals surface area contributed by atoms with Crippen molar-refractivity contribution in [3.8, 4) is 5.75 Å². The van der Waals surface area contributed by atoms with Crippen LogP contribution in [0.15, 0.2) is 41.8 Å². The van der Waals surface area contributed by atoms with Gasteiger partial charge in [0.25, 0.3) is 0 Å². The number of rotatable bonds is 8. The second-order valence-electron chi connectivity index (χ2n) is 6.28. The molecule has 1 saturated heterocycles. The SMILES string of the molecule is O=C(CN1CCN(Cc2cccs2)CC1)NCCOc1ccc(Cl)cc1. The molecule has 1 aromatic carbocycles. The number of carbonyl (C=O) groups excluding carboxylic acids is 1. The maximum absolute atomic E-state index is 12.1. The van der Waals surface area contributed by atoms with Gasteiger partial charge in [0.2, 0.25) is 5.91 Å². The zero-order valence-corrected chi connectivity index (χ0v) is 16.3. The summed E-state index contributed by atoms with van der Waals surface area (Å²) in [5.74, 6) is 0.807. The minimum absolute atomic E-state index is 0.0522. The van der Waals surface area contributed by atoms with Gasteiger partial charge in [-0.15, -0.1) is 11.3 Å². The number of nitrogens with one attached hydrogen (secondary N) is 1. The molecule has 26 heavy (non-hydrogen) atoms. The van der Waals surface area contributed by atoms with Crippen LogP contribution in [0.3, 0.4) is 0 Å². The highest BCUT2D eigenvalue weighted by Gasteiger charge is 2.19. The molecule has 1 aromatic heterocycles. The molecule has 5 nitrogen and oxygen atoms in total. The van der Waals surface area contributed by atoms with E-state index in [4.69, 9.17) is 16.3 Å². The summed E-state index contributed by atoms with van der Waals surface area (Å²) in [6, 6.07) is 11.5. The molecule has 1 aliphatic heterocycles. The minimum atomic E-state index is 0.0522. The molecule has 2 aromatic rings. The smallest absolute Gasteiger partial charge is 0.234 e. The predicted molar refractivity (Wildman–Crippen MR) is 106 cm³/mol. The average Bonchev–Trinajstić information content (AvgIpc) is 3.15. The molecule has 0 saturated carbocycles. The number of nitrogens with zero attached hydrogens (tertiary/aromatic N) is 2. The number of piperazine rings is 1. The van der Waals surface area contributed by atoms with Crippen LogP contribution in [-0.4, -0.2) is 61.6 Å². The van der Waals surface area contributed by atoms with E-state index in [0.717, 1.165) is 38.5 Å². The van der Waals surface area contributed by atoms with Gasteiger partial charge in [0.15, 0.2) is 0 Å². The van der Waals surface area contributed by atoms with Gasteiger partial charge in [0.05, 0.1) is 13.1 Å². The van der Waals surface area contributed by atoms with Crippen molar-refractivity contribution in [2.45, 2.75) is 6.54 Å². The third-order valence-electron chi connectivity index (χ3n) is 4.30. The van der Waals surface area contributed by atoms with Crippen LogP contribution in [0.2, 0.25) is 5.02 Å². The molecular formula is C19H24ClN3O2S. The quantitative estimate of drug-likeness (QED) is 0.700. The first-order valence-electron chi connectivity index (χ1n) is 8.81. The molecule has 0 aliphatic carbocycles. The van der Waals surface area contributed by atoms with E-state index >= 15 is 0 Å². The molecule has 1 fully saturated rings. The summed E-state index contributed by atoms with van der Waals surface area (Å²) in [6.45, 7) is 6.28. The van der Waals surface area contributed by atoms with Crippen LogP contribution in [0.1, 0.15) is 4.88 Å². The standard InChI is InChI=1S/C19H24ClN3O2S/c20-16-3-5-17(6-4-16)25-12-7-21-19(24)15-23-10-8-22(9-11-23)14-18-2-1-13-26-18/h1-6,13H,7-12,14-15H2,(H,21,24). The van der Waals surface area contributed by atoms with Crippen molar-refractivity contribution < 1.29 is 9.53 Å². The van der Waals surface area contributed by atoms with Gasteiger partial charge >= 0.3 is 0 Å².